The molecule has 0 unspecified atom stereocenters. The van der Waals surface area contributed by atoms with Crippen molar-refractivity contribution in [3.8, 4) is 0 Å². The molecule has 0 spiro atoms. The van der Waals surface area contributed by atoms with Crippen LogP contribution >= 0.6 is 15.9 Å². The quantitative estimate of drug-likeness (QED) is 0.664. The molecule has 1 atom stereocenters. The number of carbonyl (C=O) groups excluding carboxylic acids is 1. The number of aromatic nitrogens is 1. The van der Waals surface area contributed by atoms with E-state index in [1.54, 1.807) is 6.20 Å². The molecule has 27 heavy (non-hydrogen) atoms. The number of hydrogen-bond donors (Lipinski definition) is 1. The number of carbonyl (C=O) groups is 1. The van der Waals surface area contributed by atoms with Crippen molar-refractivity contribution in [2.45, 2.75) is 12.5 Å². The minimum Gasteiger partial charge on any atom is -0.362 e. The van der Waals surface area contributed by atoms with E-state index in [9.17, 15) is 4.79 Å². The Bertz CT molecular complexity index is 945. The van der Waals surface area contributed by atoms with Crippen molar-refractivity contribution in [1.29, 1.82) is 0 Å². The zero-order valence-corrected chi connectivity index (χ0v) is 16.4. The summed E-state index contributed by atoms with van der Waals surface area (Å²) in [5.41, 5.74) is 4.33. The van der Waals surface area contributed by atoms with Crippen molar-refractivity contribution in [3.63, 3.8) is 0 Å². The molecule has 2 heterocycles. The van der Waals surface area contributed by atoms with Gasteiger partial charge >= 0.3 is 0 Å². The molecule has 2 aromatic carbocycles. The average Bonchev–Trinajstić information content (AvgIpc) is 3.13. The largest absolute Gasteiger partial charge is 0.362 e. The van der Waals surface area contributed by atoms with Crippen LogP contribution in [-0.2, 0) is 6.42 Å². The standard InChI is InChI=1S/C22H20BrN3O/c23-19-9-3-2-8-18(19)22(27)25-15-21(17-7-5-12-24-14-17)26-13-11-16-6-1-4-10-20(16)26/h1-10,12,14,21H,11,13,15H2,(H,25,27)/t21-/m1/s1. The molecule has 3 aromatic rings. The van der Waals surface area contributed by atoms with E-state index >= 15 is 0 Å². The maximum absolute atomic E-state index is 12.7. The second kappa shape index (κ2) is 7.92. The van der Waals surface area contributed by atoms with Crippen LogP contribution < -0.4 is 10.2 Å². The van der Waals surface area contributed by atoms with E-state index in [0.29, 0.717) is 12.1 Å². The Hall–Kier alpha value is -2.66. The fourth-order valence-electron chi connectivity index (χ4n) is 3.60. The molecule has 1 amide bonds. The first-order valence-corrected chi connectivity index (χ1v) is 9.80. The molecule has 0 saturated heterocycles. The van der Waals surface area contributed by atoms with Gasteiger partial charge < -0.3 is 10.2 Å². The van der Waals surface area contributed by atoms with E-state index < -0.39 is 0 Å². The molecule has 1 aliphatic heterocycles. The number of nitrogens with one attached hydrogen (secondary N) is 1. The number of fused-ring (bicyclic) bond motifs is 1. The van der Waals surface area contributed by atoms with Gasteiger partial charge in [-0.25, -0.2) is 0 Å². The van der Waals surface area contributed by atoms with Crippen LogP contribution in [0, 0.1) is 0 Å². The molecule has 1 aliphatic rings. The Morgan fingerprint density at radius 1 is 1.11 bits per heavy atom. The molecule has 0 aliphatic carbocycles. The van der Waals surface area contributed by atoms with Crippen LogP contribution in [0.4, 0.5) is 5.69 Å². The first-order valence-electron chi connectivity index (χ1n) is 9.01. The molecule has 0 radical (unpaired) electrons. The molecule has 1 N–H and O–H groups in total. The van der Waals surface area contributed by atoms with Crippen LogP contribution in [0.2, 0.25) is 0 Å². The van der Waals surface area contributed by atoms with Crippen LogP contribution in [0.5, 0.6) is 0 Å². The van der Waals surface area contributed by atoms with Crippen LogP contribution in [0.15, 0.2) is 77.5 Å². The fraction of sp³-hybridized carbons (Fsp3) is 0.182. The number of amides is 1. The summed E-state index contributed by atoms with van der Waals surface area (Å²) in [5, 5.41) is 3.11. The summed E-state index contributed by atoms with van der Waals surface area (Å²) >= 11 is 3.46. The smallest absolute Gasteiger partial charge is 0.252 e. The highest BCUT2D eigenvalue weighted by Crippen LogP contribution is 2.34. The lowest BCUT2D eigenvalue weighted by atomic mass is 10.1. The molecule has 136 valence electrons. The third-order valence-electron chi connectivity index (χ3n) is 4.94. The molecule has 0 bridgehead atoms. The van der Waals surface area contributed by atoms with E-state index in [0.717, 1.165) is 23.0 Å². The Balaban J connectivity index is 1.59. The number of nitrogens with zero attached hydrogens (tertiary/aromatic N) is 2. The maximum Gasteiger partial charge on any atom is 0.252 e. The minimum atomic E-state index is -0.0798. The molecule has 4 nitrogen and oxygen atoms in total. The van der Waals surface area contributed by atoms with Gasteiger partial charge in [0, 0.05) is 35.6 Å². The first-order chi connectivity index (χ1) is 13.2. The van der Waals surface area contributed by atoms with Crippen LogP contribution in [0.3, 0.4) is 0 Å². The van der Waals surface area contributed by atoms with Gasteiger partial charge in [0.15, 0.2) is 0 Å². The zero-order chi connectivity index (χ0) is 18.6. The highest BCUT2D eigenvalue weighted by atomic mass is 79.9. The van der Waals surface area contributed by atoms with Gasteiger partial charge in [0.25, 0.3) is 5.91 Å². The predicted molar refractivity (Wildman–Crippen MR) is 111 cm³/mol. The fourth-order valence-corrected chi connectivity index (χ4v) is 4.06. The van der Waals surface area contributed by atoms with Crippen molar-refractivity contribution in [2.75, 3.05) is 18.0 Å². The number of benzene rings is 2. The molecule has 4 rings (SSSR count). The molecular weight excluding hydrogens is 402 g/mol. The highest BCUT2D eigenvalue weighted by Gasteiger charge is 2.27. The molecule has 5 heteroatoms. The maximum atomic E-state index is 12.7. The highest BCUT2D eigenvalue weighted by molar-refractivity contribution is 9.10. The van der Waals surface area contributed by atoms with E-state index in [-0.39, 0.29) is 11.9 Å². The van der Waals surface area contributed by atoms with Gasteiger partial charge in [-0.2, -0.15) is 0 Å². The summed E-state index contributed by atoms with van der Waals surface area (Å²) in [7, 11) is 0. The summed E-state index contributed by atoms with van der Waals surface area (Å²) in [6, 6.07) is 20.0. The topological polar surface area (TPSA) is 45.2 Å². The number of hydrogen-bond acceptors (Lipinski definition) is 3. The zero-order valence-electron chi connectivity index (χ0n) is 14.8. The minimum absolute atomic E-state index is 0.0359. The van der Waals surface area contributed by atoms with Crippen molar-refractivity contribution in [3.05, 3.63) is 94.2 Å². The van der Waals surface area contributed by atoms with Gasteiger partial charge in [0.1, 0.15) is 0 Å². The number of anilines is 1. The Morgan fingerprint density at radius 3 is 2.74 bits per heavy atom. The Kier molecular flexibility index (Phi) is 5.21. The van der Waals surface area contributed by atoms with Crippen molar-refractivity contribution >= 4 is 27.5 Å². The third-order valence-corrected chi connectivity index (χ3v) is 5.63. The predicted octanol–water partition coefficient (Wildman–Crippen LogP) is 4.38. The molecule has 0 fully saturated rings. The SMILES string of the molecule is O=C(NC[C@H](c1cccnc1)N1CCc2ccccc21)c1ccccc1Br. The first kappa shape index (κ1) is 17.7. The Labute approximate surface area is 167 Å². The summed E-state index contributed by atoms with van der Waals surface area (Å²) in [6.45, 7) is 1.45. The molecule has 1 aromatic heterocycles. The van der Waals surface area contributed by atoms with Crippen molar-refractivity contribution in [1.82, 2.24) is 10.3 Å². The molecular formula is C22H20BrN3O. The van der Waals surface area contributed by atoms with Gasteiger partial charge in [-0.05, 0) is 57.7 Å². The lowest BCUT2D eigenvalue weighted by molar-refractivity contribution is 0.0950. The van der Waals surface area contributed by atoms with Gasteiger partial charge in [-0.1, -0.05) is 36.4 Å². The van der Waals surface area contributed by atoms with E-state index in [1.807, 2.05) is 36.5 Å². The summed E-state index contributed by atoms with van der Waals surface area (Å²) in [5.74, 6) is -0.0798. The summed E-state index contributed by atoms with van der Waals surface area (Å²) in [4.78, 5) is 19.3. The number of para-hydroxylation sites is 1. The van der Waals surface area contributed by atoms with E-state index in [1.165, 1.54) is 11.3 Å². The molecule has 0 saturated carbocycles. The third kappa shape index (κ3) is 3.74. The normalized spacial score (nSPS) is 13.9. The summed E-state index contributed by atoms with van der Waals surface area (Å²) in [6.07, 6.45) is 4.68. The van der Waals surface area contributed by atoms with Crippen molar-refractivity contribution < 1.29 is 4.79 Å². The second-order valence-electron chi connectivity index (χ2n) is 6.56. The van der Waals surface area contributed by atoms with Crippen LogP contribution in [-0.4, -0.2) is 24.0 Å². The van der Waals surface area contributed by atoms with Gasteiger partial charge in [-0.3, -0.25) is 9.78 Å². The second-order valence-corrected chi connectivity index (χ2v) is 7.42. The Morgan fingerprint density at radius 2 is 1.93 bits per heavy atom. The van der Waals surface area contributed by atoms with Gasteiger partial charge in [0.2, 0.25) is 0 Å². The van der Waals surface area contributed by atoms with Gasteiger partial charge in [-0.15, -0.1) is 0 Å². The average molecular weight is 422 g/mol. The lowest BCUT2D eigenvalue weighted by Gasteiger charge is -2.31. The van der Waals surface area contributed by atoms with Gasteiger partial charge in [0.05, 0.1) is 11.6 Å². The van der Waals surface area contributed by atoms with Crippen LogP contribution in [0.1, 0.15) is 27.5 Å². The summed E-state index contributed by atoms with van der Waals surface area (Å²) < 4.78 is 0.798. The van der Waals surface area contributed by atoms with Crippen LogP contribution in [0.25, 0.3) is 0 Å². The van der Waals surface area contributed by atoms with E-state index in [2.05, 4.69) is 61.5 Å². The van der Waals surface area contributed by atoms with Crippen molar-refractivity contribution in [2.24, 2.45) is 0 Å². The number of pyridine rings is 1. The lowest BCUT2D eigenvalue weighted by Crippen LogP contribution is -2.37. The van der Waals surface area contributed by atoms with E-state index in [4.69, 9.17) is 0 Å². The number of rotatable bonds is 5. The monoisotopic (exact) mass is 421 g/mol. The number of halogens is 1.